The van der Waals surface area contributed by atoms with E-state index < -0.39 is 0 Å². The number of rotatable bonds is 6. The number of carbonyl (C=O) groups is 2. The maximum atomic E-state index is 12.0. The Labute approximate surface area is 140 Å². The van der Waals surface area contributed by atoms with Gasteiger partial charge in [-0.3, -0.25) is 14.6 Å². The van der Waals surface area contributed by atoms with Crippen LogP contribution in [0.3, 0.4) is 0 Å². The Morgan fingerprint density at radius 3 is 2.65 bits per heavy atom. The second-order valence-corrected chi connectivity index (χ2v) is 5.51. The number of pyridine rings is 1. The number of benzene rings is 1. The molecule has 2 rings (SSSR count). The summed E-state index contributed by atoms with van der Waals surface area (Å²) >= 11 is 6.11. The van der Waals surface area contributed by atoms with Crippen molar-refractivity contribution >= 4 is 23.4 Å². The Balaban J connectivity index is 1.92. The Hall–Kier alpha value is -2.40. The number of hydrogen-bond acceptors (Lipinski definition) is 3. The van der Waals surface area contributed by atoms with Gasteiger partial charge in [-0.05, 0) is 23.3 Å². The molecule has 2 amide bonds. The molecule has 1 N–H and O–H groups in total. The third kappa shape index (κ3) is 5.38. The fraction of sp³-hybridized carbons (Fsp3) is 0.235. The quantitative estimate of drug-likeness (QED) is 0.884. The average Bonchev–Trinajstić information content (AvgIpc) is 2.55. The Morgan fingerprint density at radius 2 is 2.00 bits per heavy atom. The first-order valence-electron chi connectivity index (χ1n) is 7.21. The molecule has 0 fully saturated rings. The maximum absolute atomic E-state index is 12.0. The molecule has 6 heteroatoms. The minimum atomic E-state index is -0.226. The molecular formula is C17H18ClN3O2. The molecule has 0 aliphatic heterocycles. The van der Waals surface area contributed by atoms with Crippen molar-refractivity contribution in [3.63, 3.8) is 0 Å². The van der Waals surface area contributed by atoms with E-state index in [1.54, 1.807) is 24.5 Å². The molecular weight excluding hydrogens is 314 g/mol. The first kappa shape index (κ1) is 17.0. The van der Waals surface area contributed by atoms with Crippen molar-refractivity contribution < 1.29 is 9.59 Å². The summed E-state index contributed by atoms with van der Waals surface area (Å²) in [5, 5.41) is 3.36. The zero-order chi connectivity index (χ0) is 16.7. The van der Waals surface area contributed by atoms with Crippen molar-refractivity contribution in [1.82, 2.24) is 15.2 Å². The van der Waals surface area contributed by atoms with Crippen LogP contribution in [0.25, 0.3) is 0 Å². The summed E-state index contributed by atoms with van der Waals surface area (Å²) in [5.74, 6) is -0.405. The van der Waals surface area contributed by atoms with Crippen molar-refractivity contribution in [3.8, 4) is 0 Å². The molecule has 23 heavy (non-hydrogen) atoms. The highest BCUT2D eigenvalue weighted by Crippen LogP contribution is 2.17. The van der Waals surface area contributed by atoms with Gasteiger partial charge in [-0.1, -0.05) is 35.9 Å². The summed E-state index contributed by atoms with van der Waals surface area (Å²) in [7, 11) is 0. The minimum Gasteiger partial charge on any atom is -0.350 e. The van der Waals surface area contributed by atoms with E-state index in [0.717, 1.165) is 11.1 Å². The molecule has 0 saturated heterocycles. The molecule has 0 saturated carbocycles. The second kappa shape index (κ2) is 8.29. The van der Waals surface area contributed by atoms with Crippen LogP contribution in [0.4, 0.5) is 0 Å². The topological polar surface area (TPSA) is 62.3 Å². The monoisotopic (exact) mass is 331 g/mol. The summed E-state index contributed by atoms with van der Waals surface area (Å²) in [6.45, 7) is 2.10. The smallest absolute Gasteiger partial charge is 0.239 e. The average molecular weight is 332 g/mol. The van der Waals surface area contributed by atoms with Crippen molar-refractivity contribution in [2.24, 2.45) is 0 Å². The molecule has 2 aromatic rings. The fourth-order valence-electron chi connectivity index (χ4n) is 2.04. The van der Waals surface area contributed by atoms with E-state index in [1.807, 2.05) is 24.3 Å². The number of aromatic nitrogens is 1. The number of nitrogens with zero attached hydrogens (tertiary/aromatic N) is 2. The van der Waals surface area contributed by atoms with Gasteiger partial charge in [0.15, 0.2) is 0 Å². The zero-order valence-corrected chi connectivity index (χ0v) is 13.6. The highest BCUT2D eigenvalue weighted by atomic mass is 35.5. The van der Waals surface area contributed by atoms with Gasteiger partial charge < -0.3 is 10.2 Å². The fourth-order valence-corrected chi connectivity index (χ4v) is 2.24. The van der Waals surface area contributed by atoms with Crippen molar-refractivity contribution in [2.75, 3.05) is 6.54 Å². The summed E-state index contributed by atoms with van der Waals surface area (Å²) in [6.07, 6.45) is 3.36. The van der Waals surface area contributed by atoms with Gasteiger partial charge in [0.05, 0.1) is 6.54 Å². The predicted molar refractivity (Wildman–Crippen MR) is 88.6 cm³/mol. The van der Waals surface area contributed by atoms with Gasteiger partial charge in [0.2, 0.25) is 11.8 Å². The first-order chi connectivity index (χ1) is 11.1. The predicted octanol–water partition coefficient (Wildman–Crippen LogP) is 2.40. The lowest BCUT2D eigenvalue weighted by molar-refractivity contribution is -0.135. The lowest BCUT2D eigenvalue weighted by Gasteiger charge is -2.21. The van der Waals surface area contributed by atoms with Gasteiger partial charge in [0.1, 0.15) is 0 Å². The van der Waals surface area contributed by atoms with E-state index in [0.29, 0.717) is 18.1 Å². The van der Waals surface area contributed by atoms with E-state index in [-0.39, 0.29) is 18.4 Å². The molecule has 0 aliphatic carbocycles. The van der Waals surface area contributed by atoms with Crippen LogP contribution in [0.1, 0.15) is 18.1 Å². The number of hydrogen-bond donors (Lipinski definition) is 1. The molecule has 0 spiro atoms. The van der Waals surface area contributed by atoms with Crippen molar-refractivity contribution in [3.05, 3.63) is 64.9 Å². The van der Waals surface area contributed by atoms with Gasteiger partial charge in [-0.15, -0.1) is 0 Å². The summed E-state index contributed by atoms with van der Waals surface area (Å²) in [4.78, 5) is 29.3. The van der Waals surface area contributed by atoms with E-state index in [1.165, 1.54) is 11.8 Å². The van der Waals surface area contributed by atoms with Crippen LogP contribution in [0.2, 0.25) is 5.02 Å². The van der Waals surface area contributed by atoms with Crippen LogP contribution >= 0.6 is 11.6 Å². The first-order valence-corrected chi connectivity index (χ1v) is 7.58. The van der Waals surface area contributed by atoms with Gasteiger partial charge in [-0.25, -0.2) is 0 Å². The molecule has 0 bridgehead atoms. The standard InChI is InChI=1S/C17H18ClN3O2/c1-13(22)21(11-15-6-2-3-7-16(15)18)12-17(23)20-10-14-5-4-8-19-9-14/h2-9H,10-12H2,1H3,(H,20,23). The molecule has 0 unspecified atom stereocenters. The summed E-state index contributed by atoms with van der Waals surface area (Å²) in [5.41, 5.74) is 1.71. The Kier molecular flexibility index (Phi) is 6.11. The molecule has 1 aromatic heterocycles. The number of nitrogens with one attached hydrogen (secondary N) is 1. The Morgan fingerprint density at radius 1 is 1.22 bits per heavy atom. The number of amides is 2. The van der Waals surface area contributed by atoms with Crippen LogP contribution in [0, 0.1) is 0 Å². The van der Waals surface area contributed by atoms with Crippen molar-refractivity contribution in [2.45, 2.75) is 20.0 Å². The van der Waals surface area contributed by atoms with E-state index in [4.69, 9.17) is 11.6 Å². The van der Waals surface area contributed by atoms with Crippen LogP contribution < -0.4 is 5.32 Å². The molecule has 1 heterocycles. The normalized spacial score (nSPS) is 10.2. The third-order valence-electron chi connectivity index (χ3n) is 3.31. The summed E-state index contributed by atoms with van der Waals surface area (Å²) < 4.78 is 0. The van der Waals surface area contributed by atoms with Crippen LogP contribution in [0.15, 0.2) is 48.8 Å². The molecule has 120 valence electrons. The third-order valence-corrected chi connectivity index (χ3v) is 3.68. The van der Waals surface area contributed by atoms with E-state index in [9.17, 15) is 9.59 Å². The lowest BCUT2D eigenvalue weighted by atomic mass is 10.2. The zero-order valence-electron chi connectivity index (χ0n) is 12.8. The van der Waals surface area contributed by atoms with Crippen LogP contribution in [0.5, 0.6) is 0 Å². The van der Waals surface area contributed by atoms with Gasteiger partial charge in [0, 0.05) is 37.4 Å². The van der Waals surface area contributed by atoms with E-state index >= 15 is 0 Å². The van der Waals surface area contributed by atoms with Crippen LogP contribution in [-0.4, -0.2) is 28.2 Å². The maximum Gasteiger partial charge on any atom is 0.239 e. The highest BCUT2D eigenvalue weighted by Gasteiger charge is 2.15. The molecule has 0 aliphatic rings. The molecule has 0 radical (unpaired) electrons. The minimum absolute atomic E-state index is 0.0131. The highest BCUT2D eigenvalue weighted by molar-refractivity contribution is 6.31. The van der Waals surface area contributed by atoms with Crippen molar-refractivity contribution in [1.29, 1.82) is 0 Å². The van der Waals surface area contributed by atoms with Gasteiger partial charge in [0.25, 0.3) is 0 Å². The lowest BCUT2D eigenvalue weighted by Crippen LogP contribution is -2.39. The number of halogens is 1. The molecule has 5 nitrogen and oxygen atoms in total. The summed E-state index contributed by atoms with van der Waals surface area (Å²) in [6, 6.07) is 11.0. The van der Waals surface area contributed by atoms with E-state index in [2.05, 4.69) is 10.3 Å². The number of carbonyl (C=O) groups excluding carboxylic acids is 2. The van der Waals surface area contributed by atoms with Gasteiger partial charge >= 0.3 is 0 Å². The largest absolute Gasteiger partial charge is 0.350 e. The second-order valence-electron chi connectivity index (χ2n) is 5.10. The van der Waals surface area contributed by atoms with Gasteiger partial charge in [-0.2, -0.15) is 0 Å². The molecule has 1 aromatic carbocycles. The Bertz CT molecular complexity index is 677. The van der Waals surface area contributed by atoms with Crippen LogP contribution in [-0.2, 0) is 22.7 Å². The SMILES string of the molecule is CC(=O)N(CC(=O)NCc1cccnc1)Cc1ccccc1Cl. The molecule has 0 atom stereocenters.